The zero-order chi connectivity index (χ0) is 15.6. The number of benzene rings is 1. The average Bonchev–Trinajstić information content (AvgIpc) is 2.68. The Morgan fingerprint density at radius 3 is 2.52 bits per heavy atom. The first kappa shape index (κ1) is 15.1. The topological polar surface area (TPSA) is 60.7 Å². The van der Waals surface area contributed by atoms with Crippen LogP contribution in [0.4, 0.5) is 10.1 Å². The van der Waals surface area contributed by atoms with Crippen LogP contribution in [0.15, 0.2) is 29.3 Å². The molecule has 0 aliphatic heterocycles. The Kier molecular flexibility index (Phi) is 4.32. The highest BCUT2D eigenvalue weighted by Crippen LogP contribution is 2.22. The van der Waals surface area contributed by atoms with Crippen LogP contribution in [0.2, 0.25) is 0 Å². The molecule has 0 aliphatic rings. The summed E-state index contributed by atoms with van der Waals surface area (Å²) in [6.07, 6.45) is 0. The van der Waals surface area contributed by atoms with Crippen LogP contribution in [-0.2, 0) is 4.79 Å². The number of para-hydroxylation sites is 1. The fourth-order valence-electron chi connectivity index (χ4n) is 1.72. The maximum absolute atomic E-state index is 13.7. The van der Waals surface area contributed by atoms with Gasteiger partial charge >= 0.3 is 5.97 Å². The van der Waals surface area contributed by atoms with Crippen LogP contribution in [0.1, 0.15) is 23.5 Å². The fraction of sp³-hybridized carbons (Fsp3) is 0.214. The molecule has 0 bridgehead atoms. The summed E-state index contributed by atoms with van der Waals surface area (Å²) in [6, 6.07) is 5.98. The number of aryl methyl sites for hydroxylation is 1. The lowest BCUT2D eigenvalue weighted by Gasteiger charge is -2.04. The van der Waals surface area contributed by atoms with Crippen LogP contribution in [0.25, 0.3) is 0 Å². The predicted octanol–water partition coefficient (Wildman–Crippen LogP) is 2.81. The van der Waals surface area contributed by atoms with E-state index in [-0.39, 0.29) is 22.3 Å². The van der Waals surface area contributed by atoms with Crippen molar-refractivity contribution < 1.29 is 18.7 Å². The Morgan fingerprint density at radius 2 is 1.95 bits per heavy atom. The molecule has 0 atom stereocenters. The summed E-state index contributed by atoms with van der Waals surface area (Å²) >= 11 is 1.15. The second kappa shape index (κ2) is 6.01. The third-order valence-electron chi connectivity index (χ3n) is 2.56. The summed E-state index contributed by atoms with van der Waals surface area (Å²) in [6.45, 7) is 4.26. The molecule has 2 aromatic rings. The van der Waals surface area contributed by atoms with Crippen molar-refractivity contribution in [2.24, 2.45) is 4.99 Å². The van der Waals surface area contributed by atoms with Crippen LogP contribution >= 0.6 is 11.3 Å². The smallest absolute Gasteiger partial charge is 0.309 e. The van der Waals surface area contributed by atoms with Gasteiger partial charge in [0, 0.05) is 13.8 Å². The quantitative estimate of drug-likeness (QED) is 0.802. The highest BCUT2D eigenvalue weighted by Gasteiger charge is 2.17. The van der Waals surface area contributed by atoms with Gasteiger partial charge in [-0.25, -0.2) is 13.9 Å². The number of carbonyl (C=O) groups excluding carboxylic acids is 2. The van der Waals surface area contributed by atoms with Gasteiger partial charge in [-0.15, -0.1) is 0 Å². The second-order valence-electron chi connectivity index (χ2n) is 4.26. The predicted molar refractivity (Wildman–Crippen MR) is 76.3 cm³/mol. The molecule has 110 valence electrons. The normalized spacial score (nSPS) is 11.5. The third-order valence-corrected chi connectivity index (χ3v) is 3.50. The molecule has 5 nitrogen and oxygen atoms in total. The van der Waals surface area contributed by atoms with E-state index in [1.54, 1.807) is 19.1 Å². The minimum atomic E-state index is -0.539. The molecule has 0 unspecified atom stereocenters. The molecule has 1 aromatic carbocycles. The van der Waals surface area contributed by atoms with Crippen molar-refractivity contribution in [1.82, 2.24) is 4.57 Å². The number of carbonyl (C=O) groups is 2. The number of rotatable bonds is 2. The molecule has 2 rings (SSSR count). The van der Waals surface area contributed by atoms with E-state index in [9.17, 15) is 14.0 Å². The SMILES string of the molecule is CC(=O)Oc1c(C)sc(=Nc2ccccc2F)n1C(C)=O. The molecule has 0 N–H and O–H groups in total. The molecular formula is C14H13FN2O3S. The fourth-order valence-corrected chi connectivity index (χ4v) is 2.66. The molecule has 0 amide bonds. The van der Waals surface area contributed by atoms with Gasteiger partial charge in [0.25, 0.3) is 0 Å². The van der Waals surface area contributed by atoms with E-state index in [1.807, 2.05) is 0 Å². The average molecular weight is 308 g/mol. The lowest BCUT2D eigenvalue weighted by molar-refractivity contribution is -0.132. The summed E-state index contributed by atoms with van der Waals surface area (Å²) in [5.41, 5.74) is 0.114. The lowest BCUT2D eigenvalue weighted by atomic mass is 10.3. The van der Waals surface area contributed by atoms with Gasteiger partial charge in [0.1, 0.15) is 11.5 Å². The Morgan fingerprint density at radius 1 is 1.29 bits per heavy atom. The lowest BCUT2D eigenvalue weighted by Crippen LogP contribution is -2.22. The Balaban J connectivity index is 2.67. The Bertz CT molecular complexity index is 777. The van der Waals surface area contributed by atoms with Gasteiger partial charge in [-0.2, -0.15) is 0 Å². The van der Waals surface area contributed by atoms with Crippen molar-refractivity contribution in [3.8, 4) is 5.88 Å². The van der Waals surface area contributed by atoms with Crippen LogP contribution in [-0.4, -0.2) is 16.4 Å². The number of nitrogens with zero attached hydrogens (tertiary/aromatic N) is 2. The second-order valence-corrected chi connectivity index (χ2v) is 5.44. The standard InChI is InChI=1S/C14H13FN2O3S/c1-8-13(20-10(3)19)17(9(2)18)14(21-8)16-12-7-5-4-6-11(12)15/h4-7H,1-3H3. The number of hydrogen-bond donors (Lipinski definition) is 0. The van der Waals surface area contributed by atoms with Crippen LogP contribution < -0.4 is 9.54 Å². The van der Waals surface area contributed by atoms with Gasteiger partial charge in [-0.3, -0.25) is 9.59 Å². The molecular weight excluding hydrogens is 295 g/mol. The minimum absolute atomic E-state index is 0.114. The molecule has 7 heteroatoms. The first-order valence-electron chi connectivity index (χ1n) is 6.11. The Hall–Kier alpha value is -2.28. The van der Waals surface area contributed by atoms with Crippen molar-refractivity contribution in [1.29, 1.82) is 0 Å². The van der Waals surface area contributed by atoms with Gasteiger partial charge in [0.05, 0.1) is 4.88 Å². The van der Waals surface area contributed by atoms with Gasteiger partial charge < -0.3 is 4.74 Å². The van der Waals surface area contributed by atoms with E-state index in [0.717, 1.165) is 15.9 Å². The zero-order valence-corrected chi connectivity index (χ0v) is 12.5. The van der Waals surface area contributed by atoms with E-state index in [4.69, 9.17) is 4.74 Å². The third kappa shape index (κ3) is 3.25. The van der Waals surface area contributed by atoms with Crippen molar-refractivity contribution in [3.05, 3.63) is 39.8 Å². The number of thiazole rings is 1. The largest absolute Gasteiger partial charge is 0.408 e. The molecule has 0 fully saturated rings. The highest BCUT2D eigenvalue weighted by atomic mass is 32.1. The summed E-state index contributed by atoms with van der Waals surface area (Å²) in [4.78, 5) is 27.9. The van der Waals surface area contributed by atoms with Crippen molar-refractivity contribution in [2.75, 3.05) is 0 Å². The van der Waals surface area contributed by atoms with E-state index >= 15 is 0 Å². The minimum Gasteiger partial charge on any atom is -0.408 e. The van der Waals surface area contributed by atoms with Crippen molar-refractivity contribution in [3.63, 3.8) is 0 Å². The maximum Gasteiger partial charge on any atom is 0.309 e. The van der Waals surface area contributed by atoms with Gasteiger partial charge in [-0.1, -0.05) is 23.5 Å². The van der Waals surface area contributed by atoms with Crippen LogP contribution in [0, 0.1) is 12.7 Å². The number of esters is 1. The van der Waals surface area contributed by atoms with E-state index in [1.165, 1.54) is 26.0 Å². The summed E-state index contributed by atoms with van der Waals surface area (Å²) in [7, 11) is 0. The first-order valence-corrected chi connectivity index (χ1v) is 6.93. The highest BCUT2D eigenvalue weighted by molar-refractivity contribution is 7.09. The van der Waals surface area contributed by atoms with Crippen molar-refractivity contribution >= 4 is 28.9 Å². The molecule has 0 saturated heterocycles. The number of halogens is 1. The molecule has 0 radical (unpaired) electrons. The molecule has 0 spiro atoms. The number of ether oxygens (including phenoxy) is 1. The van der Waals surface area contributed by atoms with E-state index < -0.39 is 11.8 Å². The van der Waals surface area contributed by atoms with Gasteiger partial charge in [0.15, 0.2) is 4.80 Å². The summed E-state index contributed by atoms with van der Waals surface area (Å²) in [5.74, 6) is -1.28. The summed E-state index contributed by atoms with van der Waals surface area (Å²) < 4.78 is 19.9. The molecule has 1 aromatic heterocycles. The number of hydrogen-bond acceptors (Lipinski definition) is 5. The molecule has 0 saturated carbocycles. The Labute approximate surface area is 124 Å². The van der Waals surface area contributed by atoms with Crippen LogP contribution in [0.3, 0.4) is 0 Å². The van der Waals surface area contributed by atoms with E-state index in [2.05, 4.69) is 4.99 Å². The molecule has 21 heavy (non-hydrogen) atoms. The molecule has 0 aliphatic carbocycles. The van der Waals surface area contributed by atoms with Gasteiger partial charge in [0.2, 0.25) is 11.8 Å². The van der Waals surface area contributed by atoms with Crippen LogP contribution in [0.5, 0.6) is 5.88 Å². The van der Waals surface area contributed by atoms with Gasteiger partial charge in [-0.05, 0) is 19.1 Å². The zero-order valence-electron chi connectivity index (χ0n) is 11.7. The maximum atomic E-state index is 13.7. The summed E-state index contributed by atoms with van der Waals surface area (Å²) in [5, 5.41) is 0. The van der Waals surface area contributed by atoms with E-state index in [0.29, 0.717) is 4.88 Å². The first-order chi connectivity index (χ1) is 9.90. The number of aromatic nitrogens is 1. The van der Waals surface area contributed by atoms with Crippen molar-refractivity contribution in [2.45, 2.75) is 20.8 Å². The monoisotopic (exact) mass is 308 g/mol. The molecule has 1 heterocycles.